The summed E-state index contributed by atoms with van der Waals surface area (Å²) >= 11 is 1.63. The van der Waals surface area contributed by atoms with Gasteiger partial charge >= 0.3 is 5.97 Å². The third-order valence-corrected chi connectivity index (χ3v) is 6.50. The van der Waals surface area contributed by atoms with Crippen LogP contribution < -0.4 is 9.64 Å². The van der Waals surface area contributed by atoms with E-state index < -0.39 is 12.1 Å². The van der Waals surface area contributed by atoms with Gasteiger partial charge in [-0.05, 0) is 56.9 Å². The van der Waals surface area contributed by atoms with E-state index in [0.717, 1.165) is 34.0 Å². The average molecular weight is 465 g/mol. The van der Waals surface area contributed by atoms with Crippen LogP contribution in [0.1, 0.15) is 35.2 Å². The maximum absolute atomic E-state index is 13.1. The number of carbonyl (C=O) groups is 2. The Morgan fingerprint density at radius 2 is 1.97 bits per heavy atom. The third kappa shape index (κ3) is 5.25. The summed E-state index contributed by atoms with van der Waals surface area (Å²) in [7, 11) is 0. The molecule has 7 heteroatoms. The molecule has 4 rings (SSSR count). The smallest absolute Gasteiger partial charge is 0.326 e. The number of thiazole rings is 1. The molecular formula is C26H28N2O4S. The van der Waals surface area contributed by atoms with E-state index in [1.165, 1.54) is 10.5 Å². The van der Waals surface area contributed by atoms with Crippen molar-refractivity contribution < 1.29 is 19.1 Å². The fourth-order valence-corrected chi connectivity index (χ4v) is 4.81. The fourth-order valence-electron chi connectivity index (χ4n) is 3.97. The first kappa shape index (κ1) is 23.0. The molecule has 1 amide bonds. The minimum absolute atomic E-state index is 0.143. The summed E-state index contributed by atoms with van der Waals surface area (Å²) in [5.41, 5.74) is 3.56. The first-order valence-electron chi connectivity index (χ1n) is 11.2. The number of hydrogen-bond acceptors (Lipinski definition) is 6. The molecule has 6 nitrogen and oxygen atoms in total. The molecular weight excluding hydrogens is 436 g/mol. The number of carbonyl (C=O) groups excluding carboxylic acids is 2. The molecule has 0 radical (unpaired) electrons. The summed E-state index contributed by atoms with van der Waals surface area (Å²) < 4.78 is 11.4. The summed E-state index contributed by atoms with van der Waals surface area (Å²) in [5.74, 6) is -0.0635. The zero-order valence-corrected chi connectivity index (χ0v) is 20.0. The Bertz CT molecular complexity index is 1140. The topological polar surface area (TPSA) is 68.7 Å². The van der Waals surface area contributed by atoms with Crippen LogP contribution in [-0.4, -0.2) is 36.1 Å². The van der Waals surface area contributed by atoms with Crippen molar-refractivity contribution in [2.75, 3.05) is 18.1 Å². The number of aryl methyl sites for hydroxylation is 3. The molecule has 1 aliphatic rings. The molecule has 2 heterocycles. The van der Waals surface area contributed by atoms with E-state index in [1.807, 2.05) is 57.2 Å². The van der Waals surface area contributed by atoms with E-state index in [0.29, 0.717) is 24.5 Å². The van der Waals surface area contributed by atoms with E-state index >= 15 is 0 Å². The number of amides is 1. The van der Waals surface area contributed by atoms with Gasteiger partial charge in [-0.1, -0.05) is 37.3 Å². The SMILES string of the molecule is CCC1Oc2ccc(-c3nc(C)sc3C)cc2N(CC(=O)OCCCc2ccccc2)C1=O. The molecule has 0 fully saturated rings. The van der Waals surface area contributed by atoms with Crippen molar-refractivity contribution in [3.63, 3.8) is 0 Å². The molecule has 1 aliphatic heterocycles. The third-order valence-electron chi connectivity index (χ3n) is 5.61. The summed E-state index contributed by atoms with van der Waals surface area (Å²) in [6, 6.07) is 15.8. The van der Waals surface area contributed by atoms with Gasteiger partial charge in [-0.3, -0.25) is 14.5 Å². The Balaban J connectivity index is 1.48. The van der Waals surface area contributed by atoms with Crippen LogP contribution in [-0.2, 0) is 20.7 Å². The van der Waals surface area contributed by atoms with Gasteiger partial charge in [0, 0.05) is 10.4 Å². The quantitative estimate of drug-likeness (QED) is 0.342. The standard InChI is InChI=1S/C26H28N2O4S/c1-4-22-26(30)28(16-24(29)31-14-8-11-19-9-6-5-7-10-19)21-15-20(12-13-23(21)32-22)25-17(2)33-18(3)27-25/h5-7,9-10,12-13,15,22H,4,8,11,14,16H2,1-3H3. The van der Waals surface area contributed by atoms with Gasteiger partial charge in [0.2, 0.25) is 0 Å². The minimum Gasteiger partial charge on any atom is -0.478 e. The zero-order valence-electron chi connectivity index (χ0n) is 19.2. The van der Waals surface area contributed by atoms with Crippen molar-refractivity contribution in [1.82, 2.24) is 4.98 Å². The lowest BCUT2D eigenvalue weighted by molar-refractivity contribution is -0.143. The molecule has 0 bridgehead atoms. The second kappa shape index (κ2) is 10.2. The van der Waals surface area contributed by atoms with Gasteiger partial charge in [-0.15, -0.1) is 11.3 Å². The van der Waals surface area contributed by atoms with Gasteiger partial charge in [0.1, 0.15) is 12.3 Å². The molecule has 1 aromatic heterocycles. The maximum Gasteiger partial charge on any atom is 0.326 e. The highest BCUT2D eigenvalue weighted by Crippen LogP contribution is 2.39. The van der Waals surface area contributed by atoms with E-state index in [9.17, 15) is 9.59 Å². The largest absolute Gasteiger partial charge is 0.478 e. The number of rotatable bonds is 8. The molecule has 33 heavy (non-hydrogen) atoms. The molecule has 0 N–H and O–H groups in total. The second-order valence-corrected chi connectivity index (χ2v) is 9.48. The molecule has 0 saturated heterocycles. The monoisotopic (exact) mass is 464 g/mol. The molecule has 172 valence electrons. The summed E-state index contributed by atoms with van der Waals surface area (Å²) in [6.07, 6.45) is 1.47. The fraction of sp³-hybridized carbons (Fsp3) is 0.346. The number of aromatic nitrogens is 1. The van der Waals surface area contributed by atoms with Crippen molar-refractivity contribution in [3.05, 3.63) is 64.0 Å². The molecule has 1 atom stereocenters. The van der Waals surface area contributed by atoms with Gasteiger partial charge < -0.3 is 9.47 Å². The number of esters is 1. The first-order valence-corrected chi connectivity index (χ1v) is 12.0. The summed E-state index contributed by atoms with van der Waals surface area (Å²) in [6.45, 7) is 6.06. The van der Waals surface area contributed by atoms with E-state index in [2.05, 4.69) is 17.1 Å². The second-order valence-electron chi connectivity index (χ2n) is 8.07. The highest BCUT2D eigenvalue weighted by Gasteiger charge is 2.35. The minimum atomic E-state index is -0.613. The zero-order chi connectivity index (χ0) is 23.4. The number of hydrogen-bond donors (Lipinski definition) is 0. The lowest BCUT2D eigenvalue weighted by Gasteiger charge is -2.33. The predicted octanol–water partition coefficient (Wildman–Crippen LogP) is 5.11. The van der Waals surface area contributed by atoms with Crippen LogP contribution in [0.5, 0.6) is 5.75 Å². The van der Waals surface area contributed by atoms with Gasteiger partial charge in [-0.2, -0.15) is 0 Å². The summed E-state index contributed by atoms with van der Waals surface area (Å²) in [4.78, 5) is 32.9. The Labute approximate surface area is 198 Å². The number of benzene rings is 2. The van der Waals surface area contributed by atoms with Crippen molar-refractivity contribution in [2.45, 2.75) is 46.1 Å². The van der Waals surface area contributed by atoms with Crippen LogP contribution in [0.15, 0.2) is 48.5 Å². The van der Waals surface area contributed by atoms with Crippen LogP contribution >= 0.6 is 11.3 Å². The lowest BCUT2D eigenvalue weighted by Crippen LogP contribution is -2.48. The number of anilines is 1. The van der Waals surface area contributed by atoms with Crippen LogP contribution in [0.25, 0.3) is 11.3 Å². The molecule has 0 saturated carbocycles. The van der Waals surface area contributed by atoms with Gasteiger partial charge in [-0.25, -0.2) is 4.98 Å². The molecule has 0 spiro atoms. The Morgan fingerprint density at radius 3 is 2.67 bits per heavy atom. The molecule has 2 aromatic carbocycles. The van der Waals surface area contributed by atoms with Crippen LogP contribution in [0.2, 0.25) is 0 Å². The summed E-state index contributed by atoms with van der Waals surface area (Å²) in [5, 5.41) is 0.981. The lowest BCUT2D eigenvalue weighted by atomic mass is 10.1. The normalized spacial score (nSPS) is 15.2. The van der Waals surface area contributed by atoms with Crippen molar-refractivity contribution in [2.24, 2.45) is 0 Å². The van der Waals surface area contributed by atoms with Crippen molar-refractivity contribution >= 4 is 28.9 Å². The van der Waals surface area contributed by atoms with Crippen LogP contribution in [0.4, 0.5) is 5.69 Å². The predicted molar refractivity (Wildman–Crippen MR) is 130 cm³/mol. The van der Waals surface area contributed by atoms with Crippen molar-refractivity contribution in [1.29, 1.82) is 0 Å². The number of nitrogens with zero attached hydrogens (tertiary/aromatic N) is 2. The average Bonchev–Trinajstić information content (AvgIpc) is 3.16. The molecule has 3 aromatic rings. The first-order chi connectivity index (χ1) is 16.0. The molecule has 1 unspecified atom stereocenters. The highest BCUT2D eigenvalue weighted by atomic mass is 32.1. The number of ether oxygens (including phenoxy) is 2. The van der Waals surface area contributed by atoms with Crippen LogP contribution in [0.3, 0.4) is 0 Å². The highest BCUT2D eigenvalue weighted by molar-refractivity contribution is 7.11. The Kier molecular flexibility index (Phi) is 7.08. The maximum atomic E-state index is 13.1. The molecule has 0 aliphatic carbocycles. The van der Waals surface area contributed by atoms with Crippen LogP contribution in [0, 0.1) is 13.8 Å². The van der Waals surface area contributed by atoms with Gasteiger partial charge in [0.15, 0.2) is 6.10 Å². The van der Waals surface area contributed by atoms with E-state index in [-0.39, 0.29) is 12.5 Å². The Morgan fingerprint density at radius 1 is 1.18 bits per heavy atom. The van der Waals surface area contributed by atoms with Gasteiger partial charge in [0.25, 0.3) is 5.91 Å². The van der Waals surface area contributed by atoms with Gasteiger partial charge in [0.05, 0.1) is 23.0 Å². The van der Waals surface area contributed by atoms with E-state index in [1.54, 1.807) is 11.3 Å². The van der Waals surface area contributed by atoms with E-state index in [4.69, 9.17) is 9.47 Å². The van der Waals surface area contributed by atoms with Crippen molar-refractivity contribution in [3.8, 4) is 17.0 Å². The Hall–Kier alpha value is -3.19. The number of fused-ring (bicyclic) bond motifs is 1.